The molecule has 19 heavy (non-hydrogen) atoms. The van der Waals surface area contributed by atoms with Gasteiger partial charge in [0.1, 0.15) is 0 Å². The van der Waals surface area contributed by atoms with Crippen molar-refractivity contribution < 1.29 is 0 Å². The largest absolute Gasteiger partial charge is 0.308 e. The second-order valence-corrected chi connectivity index (χ2v) is 5.57. The van der Waals surface area contributed by atoms with E-state index in [1.807, 2.05) is 24.4 Å². The fourth-order valence-corrected chi connectivity index (χ4v) is 1.80. The molecule has 2 N–H and O–H groups in total. The van der Waals surface area contributed by atoms with Crippen molar-refractivity contribution >= 4 is 0 Å². The molecule has 98 valence electrons. The standard InChI is InChI=1S/C15H18N4/c1-15(2,3)17-9-13-10-18-19-14(13)12-6-4-5-11(7-12)8-16/h4-7,10,17H,9H2,1-3H3,(H,18,19). The molecule has 4 nitrogen and oxygen atoms in total. The van der Waals surface area contributed by atoms with Crippen LogP contribution in [0.2, 0.25) is 0 Å². The van der Waals surface area contributed by atoms with Gasteiger partial charge in [0.25, 0.3) is 0 Å². The lowest BCUT2D eigenvalue weighted by molar-refractivity contribution is 0.424. The summed E-state index contributed by atoms with van der Waals surface area (Å²) in [5.74, 6) is 0. The molecular weight excluding hydrogens is 236 g/mol. The molecule has 1 aromatic carbocycles. The molecule has 1 heterocycles. The summed E-state index contributed by atoms with van der Waals surface area (Å²) >= 11 is 0. The number of nitrogens with zero attached hydrogens (tertiary/aromatic N) is 2. The van der Waals surface area contributed by atoms with E-state index < -0.39 is 0 Å². The topological polar surface area (TPSA) is 64.5 Å². The first-order valence-corrected chi connectivity index (χ1v) is 6.27. The predicted octanol–water partition coefficient (Wildman–Crippen LogP) is 2.84. The zero-order valence-electron chi connectivity index (χ0n) is 11.5. The highest BCUT2D eigenvalue weighted by atomic mass is 15.1. The van der Waals surface area contributed by atoms with Gasteiger partial charge in [-0.3, -0.25) is 5.10 Å². The molecule has 0 spiro atoms. The van der Waals surface area contributed by atoms with E-state index in [4.69, 9.17) is 5.26 Å². The molecule has 0 aliphatic rings. The number of rotatable bonds is 3. The lowest BCUT2D eigenvalue weighted by Crippen LogP contribution is -2.35. The van der Waals surface area contributed by atoms with Gasteiger partial charge in [-0.2, -0.15) is 10.4 Å². The molecule has 2 rings (SSSR count). The molecule has 1 aromatic heterocycles. The van der Waals surface area contributed by atoms with Gasteiger partial charge in [-0.15, -0.1) is 0 Å². The molecule has 0 unspecified atom stereocenters. The fraction of sp³-hybridized carbons (Fsp3) is 0.333. The van der Waals surface area contributed by atoms with Gasteiger partial charge in [-0.05, 0) is 32.9 Å². The molecule has 4 heteroatoms. The van der Waals surface area contributed by atoms with Crippen molar-refractivity contribution in [3.8, 4) is 17.3 Å². The number of nitriles is 1. The van der Waals surface area contributed by atoms with Crippen molar-refractivity contribution in [2.75, 3.05) is 0 Å². The normalized spacial score (nSPS) is 11.3. The van der Waals surface area contributed by atoms with Crippen LogP contribution in [-0.4, -0.2) is 15.7 Å². The van der Waals surface area contributed by atoms with E-state index in [2.05, 4.69) is 42.4 Å². The minimum Gasteiger partial charge on any atom is -0.308 e. The molecule has 0 saturated carbocycles. The first-order chi connectivity index (χ1) is 8.99. The van der Waals surface area contributed by atoms with Crippen molar-refractivity contribution in [3.63, 3.8) is 0 Å². The molecule has 0 aliphatic heterocycles. The molecule has 0 saturated heterocycles. The highest BCUT2D eigenvalue weighted by Crippen LogP contribution is 2.22. The third-order valence-corrected chi connectivity index (χ3v) is 2.81. The summed E-state index contributed by atoms with van der Waals surface area (Å²) in [5.41, 5.74) is 3.77. The summed E-state index contributed by atoms with van der Waals surface area (Å²) in [7, 11) is 0. The number of aromatic nitrogens is 2. The van der Waals surface area contributed by atoms with E-state index >= 15 is 0 Å². The zero-order valence-corrected chi connectivity index (χ0v) is 11.5. The maximum atomic E-state index is 8.95. The number of benzene rings is 1. The molecular formula is C15H18N4. The maximum Gasteiger partial charge on any atom is 0.0991 e. The van der Waals surface area contributed by atoms with Crippen molar-refractivity contribution in [2.45, 2.75) is 32.9 Å². The summed E-state index contributed by atoms with van der Waals surface area (Å²) in [4.78, 5) is 0. The number of aromatic amines is 1. The van der Waals surface area contributed by atoms with Gasteiger partial charge in [-0.25, -0.2) is 0 Å². The van der Waals surface area contributed by atoms with Gasteiger partial charge < -0.3 is 5.32 Å². The Morgan fingerprint density at radius 3 is 2.84 bits per heavy atom. The summed E-state index contributed by atoms with van der Waals surface area (Å²) in [6.07, 6.45) is 1.83. The molecule has 0 atom stereocenters. The van der Waals surface area contributed by atoms with Crippen LogP contribution >= 0.6 is 0 Å². The molecule has 0 radical (unpaired) electrons. The van der Waals surface area contributed by atoms with Crippen LogP contribution in [0.1, 0.15) is 31.9 Å². The van der Waals surface area contributed by atoms with Crippen LogP contribution in [0.15, 0.2) is 30.5 Å². The monoisotopic (exact) mass is 254 g/mol. The van der Waals surface area contributed by atoms with Crippen LogP contribution in [0.4, 0.5) is 0 Å². The minimum atomic E-state index is 0.0586. The van der Waals surface area contributed by atoms with Crippen molar-refractivity contribution in [2.24, 2.45) is 0 Å². The third kappa shape index (κ3) is 3.43. The highest BCUT2D eigenvalue weighted by molar-refractivity contribution is 5.64. The van der Waals surface area contributed by atoms with Gasteiger partial charge in [0.15, 0.2) is 0 Å². The second-order valence-electron chi connectivity index (χ2n) is 5.57. The average Bonchev–Trinajstić information content (AvgIpc) is 2.84. The van der Waals surface area contributed by atoms with Crippen LogP contribution in [0.25, 0.3) is 11.3 Å². The van der Waals surface area contributed by atoms with Crippen LogP contribution in [0.5, 0.6) is 0 Å². The summed E-state index contributed by atoms with van der Waals surface area (Å²) in [5, 5.41) is 19.5. The average molecular weight is 254 g/mol. The van der Waals surface area contributed by atoms with E-state index in [0.717, 1.165) is 23.4 Å². The number of H-pyrrole nitrogens is 1. The molecule has 0 fully saturated rings. The third-order valence-electron chi connectivity index (χ3n) is 2.81. The number of hydrogen-bond acceptors (Lipinski definition) is 3. The van der Waals surface area contributed by atoms with Crippen LogP contribution < -0.4 is 5.32 Å². The Morgan fingerprint density at radius 1 is 1.37 bits per heavy atom. The lowest BCUT2D eigenvalue weighted by Gasteiger charge is -2.20. The Bertz CT molecular complexity index is 599. The number of hydrogen-bond donors (Lipinski definition) is 2. The summed E-state index contributed by atoms with van der Waals surface area (Å²) in [6, 6.07) is 9.69. The van der Waals surface area contributed by atoms with Gasteiger partial charge in [0.2, 0.25) is 0 Å². The van der Waals surface area contributed by atoms with Crippen molar-refractivity contribution in [1.29, 1.82) is 5.26 Å². The molecule has 2 aromatic rings. The van der Waals surface area contributed by atoms with E-state index in [-0.39, 0.29) is 5.54 Å². The first kappa shape index (κ1) is 13.3. The first-order valence-electron chi connectivity index (χ1n) is 6.27. The molecule has 0 bridgehead atoms. The van der Waals surface area contributed by atoms with Crippen LogP contribution in [-0.2, 0) is 6.54 Å². The van der Waals surface area contributed by atoms with Gasteiger partial charge in [0.05, 0.1) is 23.5 Å². The van der Waals surface area contributed by atoms with Gasteiger partial charge >= 0.3 is 0 Å². The Labute approximate surface area is 113 Å². The summed E-state index contributed by atoms with van der Waals surface area (Å²) in [6.45, 7) is 7.13. The van der Waals surface area contributed by atoms with E-state index in [9.17, 15) is 0 Å². The van der Waals surface area contributed by atoms with Gasteiger partial charge in [0, 0.05) is 23.2 Å². The van der Waals surface area contributed by atoms with Crippen molar-refractivity contribution in [1.82, 2.24) is 15.5 Å². The Hall–Kier alpha value is -2.12. The fourth-order valence-electron chi connectivity index (χ4n) is 1.80. The Morgan fingerprint density at radius 2 is 2.16 bits per heavy atom. The predicted molar refractivity (Wildman–Crippen MR) is 75.3 cm³/mol. The minimum absolute atomic E-state index is 0.0586. The quantitative estimate of drug-likeness (QED) is 0.885. The maximum absolute atomic E-state index is 8.95. The van der Waals surface area contributed by atoms with Crippen LogP contribution in [0.3, 0.4) is 0 Å². The van der Waals surface area contributed by atoms with Crippen LogP contribution in [0, 0.1) is 11.3 Å². The molecule has 0 amide bonds. The summed E-state index contributed by atoms with van der Waals surface area (Å²) < 4.78 is 0. The zero-order chi connectivity index (χ0) is 13.9. The van der Waals surface area contributed by atoms with Crippen molar-refractivity contribution in [3.05, 3.63) is 41.6 Å². The molecule has 0 aliphatic carbocycles. The van der Waals surface area contributed by atoms with Gasteiger partial charge in [-0.1, -0.05) is 12.1 Å². The SMILES string of the molecule is CC(C)(C)NCc1cn[nH]c1-c1cccc(C#N)c1. The van der Waals surface area contributed by atoms with E-state index in [1.165, 1.54) is 0 Å². The Kier molecular flexibility index (Phi) is 3.68. The highest BCUT2D eigenvalue weighted by Gasteiger charge is 2.12. The lowest BCUT2D eigenvalue weighted by atomic mass is 10.0. The number of nitrogens with one attached hydrogen (secondary N) is 2. The smallest absolute Gasteiger partial charge is 0.0991 e. The Balaban J connectivity index is 2.26. The second kappa shape index (κ2) is 5.25. The van der Waals surface area contributed by atoms with E-state index in [1.54, 1.807) is 6.07 Å². The van der Waals surface area contributed by atoms with E-state index in [0.29, 0.717) is 5.56 Å².